The van der Waals surface area contributed by atoms with E-state index in [4.69, 9.17) is 4.52 Å². The fraction of sp³-hybridized carbons (Fsp3) is 0.312. The zero-order chi connectivity index (χ0) is 17.0. The number of carbonyl (C=O) groups is 2. The van der Waals surface area contributed by atoms with E-state index in [0.717, 1.165) is 16.8 Å². The number of nitrogens with zero attached hydrogens (tertiary/aromatic N) is 2. The Bertz CT molecular complexity index is 704. The lowest BCUT2D eigenvalue weighted by molar-refractivity contribution is -0.116. The Balaban J connectivity index is 1.93. The molecule has 122 valence electrons. The fourth-order valence-corrected chi connectivity index (χ4v) is 2.11. The molecular weight excluding hydrogens is 296 g/mol. The quantitative estimate of drug-likeness (QED) is 0.908. The number of benzene rings is 1. The first-order valence-corrected chi connectivity index (χ1v) is 7.18. The lowest BCUT2D eigenvalue weighted by Crippen LogP contribution is -2.37. The predicted octanol–water partition coefficient (Wildman–Crippen LogP) is 2.70. The average molecular weight is 316 g/mol. The SMILES string of the molecule is Cc1cc(NC(=O)N(C)CC(=O)Nc2c(C)cccc2C)no1. The van der Waals surface area contributed by atoms with Gasteiger partial charge < -0.3 is 14.7 Å². The predicted molar refractivity (Wildman–Crippen MR) is 87.4 cm³/mol. The lowest BCUT2D eigenvalue weighted by Gasteiger charge is -2.18. The molecule has 3 amide bonds. The van der Waals surface area contributed by atoms with Gasteiger partial charge in [-0.1, -0.05) is 23.4 Å². The van der Waals surface area contributed by atoms with Crippen molar-refractivity contribution >= 4 is 23.4 Å². The maximum atomic E-state index is 12.1. The Hall–Kier alpha value is -2.83. The highest BCUT2D eigenvalue weighted by Crippen LogP contribution is 2.19. The van der Waals surface area contributed by atoms with Crippen LogP contribution in [0.3, 0.4) is 0 Å². The van der Waals surface area contributed by atoms with Crippen molar-refractivity contribution < 1.29 is 14.1 Å². The molecule has 23 heavy (non-hydrogen) atoms. The zero-order valence-electron chi connectivity index (χ0n) is 13.6. The van der Waals surface area contributed by atoms with E-state index < -0.39 is 6.03 Å². The van der Waals surface area contributed by atoms with Crippen LogP contribution in [0.25, 0.3) is 0 Å². The summed E-state index contributed by atoms with van der Waals surface area (Å²) >= 11 is 0. The third kappa shape index (κ3) is 4.32. The van der Waals surface area contributed by atoms with Crippen molar-refractivity contribution in [2.24, 2.45) is 0 Å². The Labute approximate surface area is 134 Å². The molecule has 0 aliphatic carbocycles. The van der Waals surface area contributed by atoms with Crippen molar-refractivity contribution in [3.8, 4) is 0 Å². The van der Waals surface area contributed by atoms with Crippen molar-refractivity contribution in [2.45, 2.75) is 20.8 Å². The number of hydrogen-bond donors (Lipinski definition) is 2. The minimum absolute atomic E-state index is 0.0730. The Morgan fingerprint density at radius 3 is 2.39 bits per heavy atom. The summed E-state index contributed by atoms with van der Waals surface area (Å²) in [5.41, 5.74) is 2.73. The van der Waals surface area contributed by atoms with Crippen LogP contribution in [0.5, 0.6) is 0 Å². The van der Waals surface area contributed by atoms with Crippen LogP contribution in [0.15, 0.2) is 28.8 Å². The standard InChI is InChI=1S/C16H20N4O3/c1-10-6-5-7-11(2)15(10)18-14(21)9-20(4)16(22)17-13-8-12(3)23-19-13/h5-8H,9H2,1-4H3,(H,18,21)(H,17,19,22). The number of anilines is 2. The maximum absolute atomic E-state index is 12.1. The summed E-state index contributed by atoms with van der Waals surface area (Å²) in [5, 5.41) is 9.07. The van der Waals surface area contributed by atoms with Crippen molar-refractivity contribution in [1.82, 2.24) is 10.1 Å². The molecule has 1 heterocycles. The molecule has 0 saturated carbocycles. The van der Waals surface area contributed by atoms with E-state index in [0.29, 0.717) is 11.6 Å². The van der Waals surface area contributed by atoms with E-state index in [9.17, 15) is 9.59 Å². The van der Waals surface area contributed by atoms with E-state index in [2.05, 4.69) is 15.8 Å². The van der Waals surface area contributed by atoms with E-state index in [1.54, 1.807) is 13.0 Å². The first kappa shape index (κ1) is 16.5. The van der Waals surface area contributed by atoms with Crippen molar-refractivity contribution in [3.05, 3.63) is 41.2 Å². The number of hydrogen-bond acceptors (Lipinski definition) is 4. The van der Waals surface area contributed by atoms with Crippen LogP contribution in [-0.4, -0.2) is 35.6 Å². The van der Waals surface area contributed by atoms with E-state index >= 15 is 0 Å². The van der Waals surface area contributed by atoms with Crippen molar-refractivity contribution in [1.29, 1.82) is 0 Å². The van der Waals surface area contributed by atoms with Gasteiger partial charge in [-0.25, -0.2) is 4.79 Å². The van der Waals surface area contributed by atoms with Gasteiger partial charge in [-0.2, -0.15) is 0 Å². The summed E-state index contributed by atoms with van der Waals surface area (Å²) in [5.74, 6) is 0.640. The molecule has 0 bridgehead atoms. The summed E-state index contributed by atoms with van der Waals surface area (Å²) in [6.07, 6.45) is 0. The summed E-state index contributed by atoms with van der Waals surface area (Å²) in [6, 6.07) is 6.94. The number of urea groups is 1. The van der Waals surface area contributed by atoms with Gasteiger partial charge in [0.25, 0.3) is 0 Å². The second kappa shape index (κ2) is 6.95. The highest BCUT2D eigenvalue weighted by molar-refractivity contribution is 5.97. The minimum Gasteiger partial charge on any atom is -0.360 e. The number of para-hydroxylation sites is 1. The first-order valence-electron chi connectivity index (χ1n) is 7.18. The minimum atomic E-state index is -0.435. The molecule has 0 unspecified atom stereocenters. The normalized spacial score (nSPS) is 10.3. The second-order valence-corrected chi connectivity index (χ2v) is 5.42. The van der Waals surface area contributed by atoms with Crippen LogP contribution in [0.1, 0.15) is 16.9 Å². The molecule has 0 radical (unpaired) electrons. The molecule has 0 aliphatic heterocycles. The molecule has 2 N–H and O–H groups in total. The maximum Gasteiger partial charge on any atom is 0.323 e. The smallest absolute Gasteiger partial charge is 0.323 e. The molecule has 2 aromatic rings. The van der Waals surface area contributed by atoms with Gasteiger partial charge in [0.2, 0.25) is 5.91 Å². The molecule has 7 heteroatoms. The van der Waals surface area contributed by atoms with Gasteiger partial charge in [0.15, 0.2) is 5.82 Å². The Morgan fingerprint density at radius 1 is 1.17 bits per heavy atom. The van der Waals surface area contributed by atoms with Crippen LogP contribution in [0.2, 0.25) is 0 Å². The van der Waals surface area contributed by atoms with Gasteiger partial charge in [0.05, 0.1) is 0 Å². The van der Waals surface area contributed by atoms with Crippen LogP contribution in [0, 0.1) is 20.8 Å². The zero-order valence-corrected chi connectivity index (χ0v) is 13.6. The third-order valence-corrected chi connectivity index (χ3v) is 3.34. The molecule has 1 aromatic carbocycles. The molecule has 0 spiro atoms. The monoisotopic (exact) mass is 316 g/mol. The van der Waals surface area contributed by atoms with E-state index in [-0.39, 0.29) is 12.5 Å². The molecule has 0 fully saturated rings. The number of likely N-dealkylation sites (N-methyl/N-ethyl adjacent to an activating group) is 1. The molecule has 1 aromatic heterocycles. The number of nitrogens with one attached hydrogen (secondary N) is 2. The lowest BCUT2D eigenvalue weighted by atomic mass is 10.1. The number of amides is 3. The second-order valence-electron chi connectivity index (χ2n) is 5.42. The van der Waals surface area contributed by atoms with Gasteiger partial charge >= 0.3 is 6.03 Å². The Kier molecular flexibility index (Phi) is 5.00. The van der Waals surface area contributed by atoms with E-state index in [1.807, 2.05) is 32.0 Å². The molecule has 0 saturated heterocycles. The molecule has 0 atom stereocenters. The van der Waals surface area contributed by atoms with Crippen LogP contribution in [-0.2, 0) is 4.79 Å². The summed E-state index contributed by atoms with van der Waals surface area (Å²) < 4.78 is 4.87. The highest BCUT2D eigenvalue weighted by atomic mass is 16.5. The van der Waals surface area contributed by atoms with Gasteiger partial charge in [-0.15, -0.1) is 0 Å². The number of carbonyl (C=O) groups excluding carboxylic acids is 2. The molecule has 7 nitrogen and oxygen atoms in total. The average Bonchev–Trinajstić information content (AvgIpc) is 2.88. The van der Waals surface area contributed by atoms with Crippen LogP contribution in [0.4, 0.5) is 16.3 Å². The van der Waals surface area contributed by atoms with Crippen molar-refractivity contribution in [3.63, 3.8) is 0 Å². The van der Waals surface area contributed by atoms with E-state index in [1.165, 1.54) is 11.9 Å². The van der Waals surface area contributed by atoms with Crippen molar-refractivity contribution in [2.75, 3.05) is 24.2 Å². The summed E-state index contributed by atoms with van der Waals surface area (Å²) in [6.45, 7) is 5.50. The topological polar surface area (TPSA) is 87.5 Å². The molecular formula is C16H20N4O3. The number of rotatable bonds is 4. The highest BCUT2D eigenvalue weighted by Gasteiger charge is 2.15. The van der Waals surface area contributed by atoms with Gasteiger partial charge in [-0.05, 0) is 31.9 Å². The number of aromatic nitrogens is 1. The summed E-state index contributed by atoms with van der Waals surface area (Å²) in [7, 11) is 1.53. The van der Waals surface area contributed by atoms with Crippen LogP contribution >= 0.6 is 0 Å². The van der Waals surface area contributed by atoms with Gasteiger partial charge in [0, 0.05) is 18.8 Å². The first-order chi connectivity index (χ1) is 10.9. The summed E-state index contributed by atoms with van der Waals surface area (Å²) in [4.78, 5) is 25.4. The van der Waals surface area contributed by atoms with Gasteiger partial charge in [0.1, 0.15) is 12.3 Å². The molecule has 2 rings (SSSR count). The molecule has 0 aliphatic rings. The largest absolute Gasteiger partial charge is 0.360 e. The van der Waals surface area contributed by atoms with Gasteiger partial charge in [-0.3, -0.25) is 10.1 Å². The fourth-order valence-electron chi connectivity index (χ4n) is 2.11. The van der Waals surface area contributed by atoms with Crippen LogP contribution < -0.4 is 10.6 Å². The third-order valence-electron chi connectivity index (χ3n) is 3.34. The Morgan fingerprint density at radius 2 is 1.83 bits per heavy atom. The number of aryl methyl sites for hydroxylation is 3.